The van der Waals surface area contributed by atoms with Gasteiger partial charge >= 0.3 is 11.9 Å². The van der Waals surface area contributed by atoms with Gasteiger partial charge in [-0.2, -0.15) is 0 Å². The molecule has 20 heavy (non-hydrogen) atoms. The number of ether oxygens (including phenoxy) is 4. The van der Waals surface area contributed by atoms with Gasteiger partial charge in [-0.15, -0.1) is 0 Å². The van der Waals surface area contributed by atoms with E-state index in [-0.39, 0.29) is 26.4 Å². The molecule has 0 fully saturated rings. The molecule has 0 rings (SSSR count). The lowest BCUT2D eigenvalue weighted by atomic mass is 10.4. The van der Waals surface area contributed by atoms with Crippen LogP contribution in [-0.4, -0.2) is 44.2 Å². The average molecular weight is 286 g/mol. The number of esters is 2. The molecule has 0 aromatic carbocycles. The van der Waals surface area contributed by atoms with E-state index in [4.69, 9.17) is 18.9 Å². The number of carbonyl (C=O) groups is 2. The SMILES string of the molecule is C=CC(=O)OCCOC(C)(C)OCCOC(=O)C(=C)C. The van der Waals surface area contributed by atoms with Gasteiger partial charge in [0.1, 0.15) is 13.2 Å². The molecule has 6 heteroatoms. The topological polar surface area (TPSA) is 71.1 Å². The van der Waals surface area contributed by atoms with E-state index in [0.717, 1.165) is 6.08 Å². The van der Waals surface area contributed by atoms with Crippen LogP contribution in [0, 0.1) is 0 Å². The normalized spacial score (nSPS) is 10.8. The van der Waals surface area contributed by atoms with Crippen LogP contribution in [0.25, 0.3) is 0 Å². The second kappa shape index (κ2) is 9.28. The first kappa shape index (κ1) is 18.3. The Balaban J connectivity index is 3.73. The Morgan fingerprint density at radius 3 is 2.00 bits per heavy atom. The molecule has 0 aliphatic rings. The minimum absolute atomic E-state index is 0.113. The predicted octanol–water partition coefficient (Wildman–Crippen LogP) is 1.60. The Bertz CT molecular complexity index is 359. The molecule has 0 N–H and O–H groups in total. The van der Waals surface area contributed by atoms with E-state index < -0.39 is 17.7 Å². The summed E-state index contributed by atoms with van der Waals surface area (Å²) < 4.78 is 20.4. The highest BCUT2D eigenvalue weighted by Crippen LogP contribution is 2.10. The summed E-state index contributed by atoms with van der Waals surface area (Å²) in [5, 5.41) is 0. The van der Waals surface area contributed by atoms with E-state index in [2.05, 4.69) is 13.2 Å². The predicted molar refractivity (Wildman–Crippen MR) is 72.9 cm³/mol. The van der Waals surface area contributed by atoms with Crippen LogP contribution in [0.1, 0.15) is 20.8 Å². The summed E-state index contributed by atoms with van der Waals surface area (Å²) in [5.74, 6) is -1.82. The Labute approximate surface area is 119 Å². The standard InChI is InChI=1S/C14H22O6/c1-6-12(15)17-7-9-19-14(4,5)20-10-8-18-13(16)11(2)3/h6H,1-2,7-10H2,3-5H3. The summed E-state index contributed by atoms with van der Waals surface area (Å²) in [5.41, 5.74) is 0.338. The van der Waals surface area contributed by atoms with Gasteiger partial charge in [-0.1, -0.05) is 13.2 Å². The second-order valence-corrected chi connectivity index (χ2v) is 4.38. The molecular formula is C14H22O6. The van der Waals surface area contributed by atoms with Gasteiger partial charge in [-0.05, 0) is 20.8 Å². The molecule has 0 saturated heterocycles. The molecular weight excluding hydrogens is 264 g/mol. The Morgan fingerprint density at radius 1 is 1.05 bits per heavy atom. The van der Waals surface area contributed by atoms with Gasteiger partial charge in [0.25, 0.3) is 0 Å². The summed E-state index contributed by atoms with van der Waals surface area (Å²) in [6, 6.07) is 0. The summed E-state index contributed by atoms with van der Waals surface area (Å²) in [6.45, 7) is 12.3. The summed E-state index contributed by atoms with van der Waals surface area (Å²) in [7, 11) is 0. The van der Waals surface area contributed by atoms with Crippen molar-refractivity contribution in [3.05, 3.63) is 24.8 Å². The van der Waals surface area contributed by atoms with Gasteiger partial charge in [0.15, 0.2) is 5.79 Å². The van der Waals surface area contributed by atoms with Crippen LogP contribution in [0.4, 0.5) is 0 Å². The van der Waals surface area contributed by atoms with Crippen molar-refractivity contribution in [2.75, 3.05) is 26.4 Å². The van der Waals surface area contributed by atoms with Crippen molar-refractivity contribution < 1.29 is 28.5 Å². The monoisotopic (exact) mass is 286 g/mol. The molecule has 0 aromatic rings. The lowest BCUT2D eigenvalue weighted by molar-refractivity contribution is -0.222. The number of rotatable bonds is 10. The molecule has 0 aliphatic heterocycles. The van der Waals surface area contributed by atoms with Crippen molar-refractivity contribution in [2.24, 2.45) is 0 Å². The fourth-order valence-electron chi connectivity index (χ4n) is 1.08. The highest BCUT2D eigenvalue weighted by atomic mass is 16.7. The van der Waals surface area contributed by atoms with E-state index in [1.54, 1.807) is 20.8 Å². The van der Waals surface area contributed by atoms with E-state index >= 15 is 0 Å². The molecule has 6 nitrogen and oxygen atoms in total. The zero-order valence-electron chi connectivity index (χ0n) is 12.3. The molecule has 0 saturated carbocycles. The van der Waals surface area contributed by atoms with Crippen LogP contribution >= 0.6 is 0 Å². The molecule has 0 radical (unpaired) electrons. The molecule has 0 spiro atoms. The Morgan fingerprint density at radius 2 is 1.55 bits per heavy atom. The van der Waals surface area contributed by atoms with Crippen molar-refractivity contribution in [1.29, 1.82) is 0 Å². The maximum atomic E-state index is 11.1. The van der Waals surface area contributed by atoms with Crippen LogP contribution in [-0.2, 0) is 28.5 Å². The molecule has 0 heterocycles. The first-order valence-electron chi connectivity index (χ1n) is 6.18. The lowest BCUT2D eigenvalue weighted by Gasteiger charge is -2.25. The molecule has 0 aliphatic carbocycles. The van der Waals surface area contributed by atoms with E-state index in [0.29, 0.717) is 5.57 Å². The van der Waals surface area contributed by atoms with Crippen molar-refractivity contribution >= 4 is 11.9 Å². The van der Waals surface area contributed by atoms with Crippen molar-refractivity contribution in [1.82, 2.24) is 0 Å². The molecule has 0 aromatic heterocycles. The van der Waals surface area contributed by atoms with Gasteiger partial charge in [0.05, 0.1) is 13.2 Å². The molecule has 0 unspecified atom stereocenters. The number of hydrogen-bond donors (Lipinski definition) is 0. The quantitative estimate of drug-likeness (QED) is 0.263. The highest BCUT2D eigenvalue weighted by Gasteiger charge is 2.19. The van der Waals surface area contributed by atoms with Crippen LogP contribution in [0.3, 0.4) is 0 Å². The van der Waals surface area contributed by atoms with Gasteiger partial charge in [-0.3, -0.25) is 0 Å². The highest BCUT2D eigenvalue weighted by molar-refractivity contribution is 5.86. The fraction of sp³-hybridized carbons (Fsp3) is 0.571. The smallest absolute Gasteiger partial charge is 0.333 e. The van der Waals surface area contributed by atoms with Gasteiger partial charge in [0, 0.05) is 11.6 Å². The largest absolute Gasteiger partial charge is 0.460 e. The third kappa shape index (κ3) is 9.29. The molecule has 0 atom stereocenters. The molecule has 0 amide bonds. The van der Waals surface area contributed by atoms with Gasteiger partial charge in [0.2, 0.25) is 0 Å². The van der Waals surface area contributed by atoms with E-state index in [1.807, 2.05) is 0 Å². The summed E-state index contributed by atoms with van der Waals surface area (Å²) >= 11 is 0. The average Bonchev–Trinajstić information content (AvgIpc) is 2.39. The minimum atomic E-state index is -0.865. The first-order chi connectivity index (χ1) is 9.28. The Hall–Kier alpha value is -1.66. The van der Waals surface area contributed by atoms with Gasteiger partial charge < -0.3 is 18.9 Å². The molecule has 0 bridgehead atoms. The maximum Gasteiger partial charge on any atom is 0.333 e. The minimum Gasteiger partial charge on any atom is -0.460 e. The number of hydrogen-bond acceptors (Lipinski definition) is 6. The third-order valence-corrected chi connectivity index (χ3v) is 2.06. The zero-order valence-corrected chi connectivity index (χ0v) is 12.3. The summed E-state index contributed by atoms with van der Waals surface area (Å²) in [6.07, 6.45) is 1.08. The van der Waals surface area contributed by atoms with E-state index in [9.17, 15) is 9.59 Å². The maximum absolute atomic E-state index is 11.1. The Kier molecular flexibility index (Phi) is 8.51. The van der Waals surface area contributed by atoms with Gasteiger partial charge in [-0.25, -0.2) is 9.59 Å². The molecule has 114 valence electrons. The fourth-order valence-corrected chi connectivity index (χ4v) is 1.08. The summed E-state index contributed by atoms with van der Waals surface area (Å²) in [4.78, 5) is 21.9. The van der Waals surface area contributed by atoms with Crippen LogP contribution in [0.5, 0.6) is 0 Å². The zero-order chi connectivity index (χ0) is 15.6. The van der Waals surface area contributed by atoms with Crippen LogP contribution < -0.4 is 0 Å². The van der Waals surface area contributed by atoms with E-state index in [1.165, 1.54) is 0 Å². The van der Waals surface area contributed by atoms with Crippen LogP contribution in [0.15, 0.2) is 24.8 Å². The third-order valence-electron chi connectivity index (χ3n) is 2.06. The number of carbonyl (C=O) groups excluding carboxylic acids is 2. The van der Waals surface area contributed by atoms with Crippen molar-refractivity contribution in [3.8, 4) is 0 Å². The van der Waals surface area contributed by atoms with Crippen molar-refractivity contribution in [3.63, 3.8) is 0 Å². The van der Waals surface area contributed by atoms with Crippen LogP contribution in [0.2, 0.25) is 0 Å². The lowest BCUT2D eigenvalue weighted by Crippen LogP contribution is -2.31. The first-order valence-corrected chi connectivity index (χ1v) is 6.18. The second-order valence-electron chi connectivity index (χ2n) is 4.38. The van der Waals surface area contributed by atoms with Crippen molar-refractivity contribution in [2.45, 2.75) is 26.6 Å².